The van der Waals surface area contributed by atoms with Crippen molar-refractivity contribution in [3.63, 3.8) is 0 Å². The minimum atomic E-state index is -0.374. The van der Waals surface area contributed by atoms with Crippen LogP contribution in [0.2, 0.25) is 0 Å². The van der Waals surface area contributed by atoms with Crippen molar-refractivity contribution in [3.8, 4) is 0 Å². The monoisotopic (exact) mass is 355 g/mol. The quantitative estimate of drug-likeness (QED) is 0.847. The number of amides is 2. The number of carbonyl (C=O) groups is 2. The predicted octanol–water partition coefficient (Wildman–Crippen LogP) is 2.53. The van der Waals surface area contributed by atoms with Gasteiger partial charge in [-0.05, 0) is 36.4 Å². The highest BCUT2D eigenvalue weighted by atomic mass is 19.1. The Kier molecular flexibility index (Phi) is 5.51. The molecule has 6 heteroatoms. The van der Waals surface area contributed by atoms with Gasteiger partial charge < -0.3 is 14.7 Å². The summed E-state index contributed by atoms with van der Waals surface area (Å²) >= 11 is 0. The summed E-state index contributed by atoms with van der Waals surface area (Å²) in [6, 6.07) is 15.7. The molecule has 0 aromatic heterocycles. The Morgan fingerprint density at radius 2 is 1.58 bits per heavy atom. The Balaban J connectivity index is 1.60. The Bertz CT molecular complexity index is 756. The van der Waals surface area contributed by atoms with Crippen LogP contribution in [0.5, 0.6) is 0 Å². The van der Waals surface area contributed by atoms with Crippen molar-refractivity contribution >= 4 is 23.2 Å². The molecule has 0 saturated carbocycles. The van der Waals surface area contributed by atoms with E-state index in [4.69, 9.17) is 0 Å². The fourth-order valence-electron chi connectivity index (χ4n) is 3.09. The Morgan fingerprint density at radius 1 is 0.962 bits per heavy atom. The lowest BCUT2D eigenvalue weighted by Crippen LogP contribution is -2.51. The van der Waals surface area contributed by atoms with E-state index in [9.17, 15) is 14.0 Å². The first-order valence-corrected chi connectivity index (χ1v) is 8.66. The van der Waals surface area contributed by atoms with Crippen molar-refractivity contribution in [2.45, 2.75) is 6.92 Å². The molecule has 0 spiro atoms. The lowest BCUT2D eigenvalue weighted by atomic mass is 10.2. The average molecular weight is 355 g/mol. The largest absolute Gasteiger partial charge is 0.368 e. The van der Waals surface area contributed by atoms with E-state index in [1.165, 1.54) is 36.1 Å². The predicted molar refractivity (Wildman–Crippen MR) is 99.7 cm³/mol. The van der Waals surface area contributed by atoms with E-state index in [0.29, 0.717) is 18.8 Å². The first-order chi connectivity index (χ1) is 12.5. The number of hydrogen-bond acceptors (Lipinski definition) is 3. The normalized spacial score (nSPS) is 14.2. The SMILES string of the molecule is CC(=O)N(CC(=O)N1CCN(c2ccccc2)CC1)c1ccc(F)cc1. The number of para-hydroxylation sites is 1. The molecule has 26 heavy (non-hydrogen) atoms. The Morgan fingerprint density at radius 3 is 2.15 bits per heavy atom. The zero-order valence-electron chi connectivity index (χ0n) is 14.8. The van der Waals surface area contributed by atoms with Gasteiger partial charge in [0, 0.05) is 44.5 Å². The van der Waals surface area contributed by atoms with Crippen molar-refractivity contribution < 1.29 is 14.0 Å². The number of rotatable bonds is 4. The van der Waals surface area contributed by atoms with Gasteiger partial charge in [-0.2, -0.15) is 0 Å². The van der Waals surface area contributed by atoms with Gasteiger partial charge in [0.15, 0.2) is 0 Å². The van der Waals surface area contributed by atoms with Crippen LogP contribution >= 0.6 is 0 Å². The summed E-state index contributed by atoms with van der Waals surface area (Å²) in [7, 11) is 0. The summed E-state index contributed by atoms with van der Waals surface area (Å²) in [4.78, 5) is 30.0. The second-order valence-corrected chi connectivity index (χ2v) is 6.28. The summed E-state index contributed by atoms with van der Waals surface area (Å²) in [5, 5.41) is 0. The van der Waals surface area contributed by atoms with E-state index in [1.54, 1.807) is 4.90 Å². The summed E-state index contributed by atoms with van der Waals surface area (Å²) in [6.45, 7) is 4.11. The van der Waals surface area contributed by atoms with E-state index in [-0.39, 0.29) is 24.2 Å². The van der Waals surface area contributed by atoms with Crippen molar-refractivity contribution in [3.05, 3.63) is 60.4 Å². The van der Waals surface area contributed by atoms with Crippen molar-refractivity contribution in [1.29, 1.82) is 0 Å². The lowest BCUT2D eigenvalue weighted by Gasteiger charge is -2.37. The van der Waals surface area contributed by atoms with Gasteiger partial charge in [0.25, 0.3) is 0 Å². The van der Waals surface area contributed by atoms with Crippen LogP contribution in [-0.4, -0.2) is 49.4 Å². The summed E-state index contributed by atoms with van der Waals surface area (Å²) in [5.41, 5.74) is 1.67. The molecule has 0 N–H and O–H groups in total. The summed E-state index contributed by atoms with van der Waals surface area (Å²) in [5.74, 6) is -0.717. The van der Waals surface area contributed by atoms with E-state index >= 15 is 0 Å². The van der Waals surface area contributed by atoms with Crippen LogP contribution in [0.3, 0.4) is 0 Å². The molecule has 0 bridgehead atoms. The molecule has 0 aliphatic carbocycles. The Hall–Kier alpha value is -2.89. The third-order valence-electron chi connectivity index (χ3n) is 4.57. The molecule has 1 aliphatic rings. The van der Waals surface area contributed by atoms with Crippen molar-refractivity contribution in [1.82, 2.24) is 4.90 Å². The van der Waals surface area contributed by atoms with E-state index in [0.717, 1.165) is 18.8 Å². The van der Waals surface area contributed by atoms with Crippen LogP contribution in [-0.2, 0) is 9.59 Å². The molecule has 3 rings (SSSR count). The third-order valence-corrected chi connectivity index (χ3v) is 4.57. The third kappa shape index (κ3) is 4.20. The van der Waals surface area contributed by atoms with E-state index in [2.05, 4.69) is 17.0 Å². The van der Waals surface area contributed by atoms with Gasteiger partial charge in [-0.3, -0.25) is 9.59 Å². The molecular formula is C20H22FN3O2. The molecule has 1 saturated heterocycles. The van der Waals surface area contributed by atoms with Crippen LogP contribution in [0.4, 0.5) is 15.8 Å². The lowest BCUT2D eigenvalue weighted by molar-refractivity contribution is -0.131. The molecule has 136 valence electrons. The minimum Gasteiger partial charge on any atom is -0.368 e. The maximum absolute atomic E-state index is 13.1. The summed E-state index contributed by atoms with van der Waals surface area (Å²) < 4.78 is 13.1. The van der Waals surface area contributed by atoms with Crippen molar-refractivity contribution in [2.24, 2.45) is 0 Å². The highest BCUT2D eigenvalue weighted by molar-refractivity contribution is 5.97. The molecule has 2 aromatic rings. The van der Waals surface area contributed by atoms with E-state index < -0.39 is 0 Å². The number of nitrogens with zero attached hydrogens (tertiary/aromatic N) is 3. The van der Waals surface area contributed by atoms with Crippen LogP contribution in [0, 0.1) is 5.82 Å². The van der Waals surface area contributed by atoms with Gasteiger partial charge in [-0.1, -0.05) is 18.2 Å². The van der Waals surface area contributed by atoms with Crippen LogP contribution < -0.4 is 9.80 Å². The molecule has 0 unspecified atom stereocenters. The molecule has 0 atom stereocenters. The number of anilines is 2. The molecule has 1 aliphatic heterocycles. The topological polar surface area (TPSA) is 43.9 Å². The van der Waals surface area contributed by atoms with Gasteiger partial charge in [0.2, 0.25) is 11.8 Å². The molecule has 2 aromatic carbocycles. The molecule has 2 amide bonds. The second kappa shape index (κ2) is 7.99. The maximum Gasteiger partial charge on any atom is 0.242 e. The van der Waals surface area contributed by atoms with Gasteiger partial charge >= 0.3 is 0 Å². The number of carbonyl (C=O) groups excluding carboxylic acids is 2. The van der Waals surface area contributed by atoms with Gasteiger partial charge in [0.1, 0.15) is 12.4 Å². The maximum atomic E-state index is 13.1. The van der Waals surface area contributed by atoms with Crippen molar-refractivity contribution in [2.75, 3.05) is 42.5 Å². The highest BCUT2D eigenvalue weighted by Crippen LogP contribution is 2.18. The second-order valence-electron chi connectivity index (χ2n) is 6.28. The molecule has 1 fully saturated rings. The zero-order chi connectivity index (χ0) is 18.5. The average Bonchev–Trinajstić information content (AvgIpc) is 2.67. The smallest absolute Gasteiger partial charge is 0.242 e. The standard InChI is InChI=1S/C20H22FN3O2/c1-16(25)24(19-9-7-17(21)8-10-19)15-20(26)23-13-11-22(12-14-23)18-5-3-2-4-6-18/h2-10H,11-15H2,1H3. The minimum absolute atomic E-state index is 0.0354. The van der Waals surface area contributed by atoms with Crippen LogP contribution in [0.15, 0.2) is 54.6 Å². The fraction of sp³-hybridized carbons (Fsp3) is 0.300. The van der Waals surface area contributed by atoms with Gasteiger partial charge in [0.05, 0.1) is 0 Å². The number of benzene rings is 2. The zero-order valence-corrected chi connectivity index (χ0v) is 14.8. The molecule has 1 heterocycles. The van der Waals surface area contributed by atoms with Crippen LogP contribution in [0.1, 0.15) is 6.92 Å². The summed E-state index contributed by atoms with van der Waals surface area (Å²) in [6.07, 6.45) is 0. The Labute approximate surface area is 152 Å². The fourth-order valence-corrected chi connectivity index (χ4v) is 3.09. The van der Waals surface area contributed by atoms with Gasteiger partial charge in [-0.15, -0.1) is 0 Å². The molecule has 0 radical (unpaired) electrons. The number of piperazine rings is 1. The molecular weight excluding hydrogens is 333 g/mol. The first-order valence-electron chi connectivity index (χ1n) is 8.66. The van der Waals surface area contributed by atoms with Crippen LogP contribution in [0.25, 0.3) is 0 Å². The highest BCUT2D eigenvalue weighted by Gasteiger charge is 2.24. The van der Waals surface area contributed by atoms with E-state index in [1.807, 2.05) is 18.2 Å². The van der Waals surface area contributed by atoms with Gasteiger partial charge in [-0.25, -0.2) is 4.39 Å². The number of halogens is 1. The first kappa shape index (κ1) is 17.9. The number of hydrogen-bond donors (Lipinski definition) is 0. The molecule has 5 nitrogen and oxygen atoms in total.